The smallest absolute Gasteiger partial charge is 0.0196 e. The quantitative estimate of drug-likeness (QED) is 0.775. The normalized spacial score (nSPS) is 17.7. The zero-order valence-corrected chi connectivity index (χ0v) is 8.73. The van der Waals surface area contributed by atoms with Crippen molar-refractivity contribution in [2.75, 3.05) is 0 Å². The van der Waals surface area contributed by atoms with Gasteiger partial charge in [-0.3, -0.25) is 0 Å². The Balaban J connectivity index is 0.000000845. The third-order valence-electron chi connectivity index (χ3n) is 2.70. The topological polar surface area (TPSA) is 26.0 Å². The summed E-state index contributed by atoms with van der Waals surface area (Å²) in [5.41, 5.74) is 8.98. The first kappa shape index (κ1) is 10.6. The Morgan fingerprint density at radius 1 is 1.31 bits per heavy atom. The molecular weight excluding hydrogens is 182 g/mol. The first-order chi connectivity index (χ1) is 5.70. The molecule has 0 unspecified atom stereocenters. The van der Waals surface area contributed by atoms with E-state index in [9.17, 15) is 0 Å². The summed E-state index contributed by atoms with van der Waals surface area (Å²) in [5.74, 6) is 0. The monoisotopic (exact) mass is 197 g/mol. The van der Waals surface area contributed by atoms with Crippen LogP contribution in [0, 0.1) is 6.92 Å². The lowest BCUT2D eigenvalue weighted by molar-refractivity contribution is 0.669. The Kier molecular flexibility index (Phi) is 2.99. The SMILES string of the molecule is Cc1ccccc1CC1(N)CC1.Cl. The van der Waals surface area contributed by atoms with E-state index < -0.39 is 0 Å². The van der Waals surface area contributed by atoms with Gasteiger partial charge in [0.1, 0.15) is 0 Å². The van der Waals surface area contributed by atoms with Crippen LogP contribution in [0.2, 0.25) is 0 Å². The van der Waals surface area contributed by atoms with Crippen molar-refractivity contribution < 1.29 is 0 Å². The lowest BCUT2D eigenvalue weighted by atomic mass is 10.0. The minimum absolute atomic E-state index is 0. The highest BCUT2D eigenvalue weighted by molar-refractivity contribution is 5.85. The van der Waals surface area contributed by atoms with Gasteiger partial charge in [-0.05, 0) is 37.3 Å². The van der Waals surface area contributed by atoms with Gasteiger partial charge in [0.05, 0.1) is 0 Å². The molecule has 0 bridgehead atoms. The van der Waals surface area contributed by atoms with Crippen LogP contribution >= 0.6 is 12.4 Å². The van der Waals surface area contributed by atoms with Crippen LogP contribution in [0.15, 0.2) is 24.3 Å². The van der Waals surface area contributed by atoms with E-state index in [0.717, 1.165) is 6.42 Å². The summed E-state index contributed by atoms with van der Waals surface area (Å²) >= 11 is 0. The zero-order chi connectivity index (χ0) is 8.60. The summed E-state index contributed by atoms with van der Waals surface area (Å²) in [6, 6.07) is 8.51. The average Bonchev–Trinajstić information content (AvgIpc) is 2.74. The minimum atomic E-state index is 0. The first-order valence-electron chi connectivity index (χ1n) is 4.53. The van der Waals surface area contributed by atoms with Crippen LogP contribution in [0.5, 0.6) is 0 Å². The Morgan fingerprint density at radius 3 is 2.46 bits per heavy atom. The molecule has 0 spiro atoms. The van der Waals surface area contributed by atoms with Crippen LogP contribution in [0.1, 0.15) is 24.0 Å². The fourth-order valence-electron chi connectivity index (χ4n) is 1.53. The van der Waals surface area contributed by atoms with Gasteiger partial charge >= 0.3 is 0 Å². The van der Waals surface area contributed by atoms with Gasteiger partial charge in [-0.25, -0.2) is 0 Å². The van der Waals surface area contributed by atoms with Crippen LogP contribution in [0.25, 0.3) is 0 Å². The molecule has 2 rings (SSSR count). The van der Waals surface area contributed by atoms with E-state index in [1.54, 1.807) is 0 Å². The summed E-state index contributed by atoms with van der Waals surface area (Å²) in [5, 5.41) is 0. The van der Waals surface area contributed by atoms with Gasteiger partial charge < -0.3 is 5.73 Å². The van der Waals surface area contributed by atoms with Crippen molar-refractivity contribution in [3.63, 3.8) is 0 Å². The van der Waals surface area contributed by atoms with Gasteiger partial charge in [-0.2, -0.15) is 0 Å². The van der Waals surface area contributed by atoms with Crippen LogP contribution < -0.4 is 5.73 Å². The van der Waals surface area contributed by atoms with Crippen molar-refractivity contribution >= 4 is 12.4 Å². The second-order valence-corrected chi connectivity index (χ2v) is 3.97. The van der Waals surface area contributed by atoms with E-state index in [1.165, 1.54) is 24.0 Å². The summed E-state index contributed by atoms with van der Waals surface area (Å²) in [6.45, 7) is 2.15. The third-order valence-corrected chi connectivity index (χ3v) is 2.70. The van der Waals surface area contributed by atoms with E-state index in [1.807, 2.05) is 0 Å². The molecule has 72 valence electrons. The molecule has 0 amide bonds. The fraction of sp³-hybridized carbons (Fsp3) is 0.455. The Hall–Kier alpha value is -0.530. The van der Waals surface area contributed by atoms with Crippen molar-refractivity contribution in [1.82, 2.24) is 0 Å². The van der Waals surface area contributed by atoms with Gasteiger partial charge in [0.15, 0.2) is 0 Å². The molecule has 1 aromatic rings. The Morgan fingerprint density at radius 2 is 1.92 bits per heavy atom. The molecule has 0 aliphatic heterocycles. The molecule has 1 saturated carbocycles. The predicted octanol–water partition coefficient (Wildman–Crippen LogP) is 2.45. The summed E-state index contributed by atoms with van der Waals surface area (Å²) < 4.78 is 0. The zero-order valence-electron chi connectivity index (χ0n) is 7.92. The average molecular weight is 198 g/mol. The molecule has 1 aliphatic rings. The molecule has 2 N–H and O–H groups in total. The number of hydrogen-bond acceptors (Lipinski definition) is 1. The Bertz CT molecular complexity index is 292. The van der Waals surface area contributed by atoms with Crippen LogP contribution in [-0.4, -0.2) is 5.54 Å². The van der Waals surface area contributed by atoms with E-state index in [2.05, 4.69) is 31.2 Å². The lowest BCUT2D eigenvalue weighted by Gasteiger charge is -2.10. The minimum Gasteiger partial charge on any atom is -0.325 e. The highest BCUT2D eigenvalue weighted by Gasteiger charge is 2.38. The Labute approximate surface area is 85.7 Å². The van der Waals surface area contributed by atoms with Crippen molar-refractivity contribution in [3.8, 4) is 0 Å². The van der Waals surface area contributed by atoms with E-state index in [0.29, 0.717) is 0 Å². The number of nitrogens with two attached hydrogens (primary N) is 1. The maximum atomic E-state index is 6.05. The molecule has 2 heteroatoms. The molecule has 1 aliphatic carbocycles. The van der Waals surface area contributed by atoms with Crippen LogP contribution in [0.4, 0.5) is 0 Å². The molecule has 13 heavy (non-hydrogen) atoms. The third kappa shape index (κ3) is 2.45. The molecule has 0 aromatic heterocycles. The molecule has 0 atom stereocenters. The molecule has 0 heterocycles. The number of hydrogen-bond donors (Lipinski definition) is 1. The summed E-state index contributed by atoms with van der Waals surface area (Å²) in [6.07, 6.45) is 3.45. The van der Waals surface area contributed by atoms with Gasteiger partial charge in [-0.15, -0.1) is 12.4 Å². The van der Waals surface area contributed by atoms with Gasteiger partial charge in [0.2, 0.25) is 0 Å². The largest absolute Gasteiger partial charge is 0.325 e. The molecular formula is C11H16ClN. The van der Waals surface area contributed by atoms with E-state index in [-0.39, 0.29) is 17.9 Å². The predicted molar refractivity (Wildman–Crippen MR) is 58.3 cm³/mol. The van der Waals surface area contributed by atoms with Crippen molar-refractivity contribution in [1.29, 1.82) is 0 Å². The van der Waals surface area contributed by atoms with Gasteiger partial charge in [-0.1, -0.05) is 24.3 Å². The molecule has 0 saturated heterocycles. The number of rotatable bonds is 2. The summed E-state index contributed by atoms with van der Waals surface area (Å²) in [4.78, 5) is 0. The van der Waals surface area contributed by atoms with E-state index >= 15 is 0 Å². The first-order valence-corrected chi connectivity index (χ1v) is 4.53. The number of benzene rings is 1. The second kappa shape index (κ2) is 3.69. The molecule has 0 radical (unpaired) electrons. The molecule has 1 fully saturated rings. The van der Waals surface area contributed by atoms with Crippen molar-refractivity contribution in [3.05, 3.63) is 35.4 Å². The maximum absolute atomic E-state index is 6.05. The highest BCUT2D eigenvalue weighted by Crippen LogP contribution is 2.36. The maximum Gasteiger partial charge on any atom is 0.0196 e. The van der Waals surface area contributed by atoms with Crippen LogP contribution in [-0.2, 0) is 6.42 Å². The number of halogens is 1. The highest BCUT2D eigenvalue weighted by atomic mass is 35.5. The summed E-state index contributed by atoms with van der Waals surface area (Å²) in [7, 11) is 0. The van der Waals surface area contributed by atoms with Gasteiger partial charge in [0.25, 0.3) is 0 Å². The molecule has 1 nitrogen and oxygen atoms in total. The fourth-order valence-corrected chi connectivity index (χ4v) is 1.53. The standard InChI is InChI=1S/C11H15N.ClH/c1-9-4-2-3-5-10(9)8-11(12)6-7-11;/h2-5H,6-8,12H2,1H3;1H. The lowest BCUT2D eigenvalue weighted by Crippen LogP contribution is -2.24. The van der Waals surface area contributed by atoms with Gasteiger partial charge in [0, 0.05) is 5.54 Å². The van der Waals surface area contributed by atoms with Crippen molar-refractivity contribution in [2.45, 2.75) is 31.7 Å². The van der Waals surface area contributed by atoms with Crippen molar-refractivity contribution in [2.24, 2.45) is 5.73 Å². The van der Waals surface area contributed by atoms with E-state index in [4.69, 9.17) is 5.73 Å². The number of aryl methyl sites for hydroxylation is 1. The van der Waals surface area contributed by atoms with Crippen LogP contribution in [0.3, 0.4) is 0 Å². The molecule has 1 aromatic carbocycles. The second-order valence-electron chi connectivity index (χ2n) is 3.97.